The second kappa shape index (κ2) is 11.8. The van der Waals surface area contributed by atoms with E-state index in [-0.39, 0.29) is 12.5 Å². The molecule has 1 unspecified atom stereocenters. The second-order valence-corrected chi connectivity index (χ2v) is 7.29. The summed E-state index contributed by atoms with van der Waals surface area (Å²) in [6.07, 6.45) is 3.07. The Morgan fingerprint density at radius 3 is 2.58 bits per heavy atom. The number of carbonyl (C=O) groups is 2. The SMILES string of the molecule is C=CCOc1c(C=NNC(=O)C(NC(=O)c2ccccc2Cl)C(C)C)cccc1OC. The average Bonchev–Trinajstić information content (AvgIpc) is 2.76. The molecule has 0 radical (unpaired) electrons. The molecule has 2 N–H and O–H groups in total. The average molecular weight is 444 g/mol. The van der Waals surface area contributed by atoms with Crippen LogP contribution in [-0.2, 0) is 4.79 Å². The summed E-state index contributed by atoms with van der Waals surface area (Å²) in [5.74, 6) is -0.0519. The van der Waals surface area contributed by atoms with E-state index in [1.54, 1.807) is 48.5 Å². The largest absolute Gasteiger partial charge is 0.493 e. The molecular weight excluding hydrogens is 418 g/mol. The van der Waals surface area contributed by atoms with Gasteiger partial charge in [-0.05, 0) is 30.2 Å². The van der Waals surface area contributed by atoms with E-state index in [2.05, 4.69) is 22.4 Å². The number of nitrogens with zero attached hydrogens (tertiary/aromatic N) is 1. The minimum Gasteiger partial charge on any atom is -0.493 e. The van der Waals surface area contributed by atoms with Crippen molar-refractivity contribution in [2.75, 3.05) is 13.7 Å². The van der Waals surface area contributed by atoms with Crippen LogP contribution in [0.4, 0.5) is 0 Å². The molecule has 0 aliphatic rings. The molecule has 2 rings (SSSR count). The van der Waals surface area contributed by atoms with Crippen molar-refractivity contribution in [2.45, 2.75) is 19.9 Å². The monoisotopic (exact) mass is 443 g/mol. The summed E-state index contributed by atoms with van der Waals surface area (Å²) in [7, 11) is 1.54. The van der Waals surface area contributed by atoms with Gasteiger partial charge in [-0.1, -0.05) is 56.3 Å². The van der Waals surface area contributed by atoms with Gasteiger partial charge in [-0.15, -0.1) is 0 Å². The first-order valence-corrected chi connectivity index (χ1v) is 10.1. The number of para-hydroxylation sites is 1. The first-order chi connectivity index (χ1) is 14.9. The van der Waals surface area contributed by atoms with Gasteiger partial charge in [0.05, 0.1) is 23.9 Å². The first-order valence-electron chi connectivity index (χ1n) is 9.68. The molecule has 0 aliphatic carbocycles. The zero-order chi connectivity index (χ0) is 22.8. The second-order valence-electron chi connectivity index (χ2n) is 6.89. The van der Waals surface area contributed by atoms with Gasteiger partial charge < -0.3 is 14.8 Å². The standard InChI is InChI=1S/C23H26ClN3O4/c1-5-13-31-21-16(9-8-12-19(21)30-4)14-25-27-23(29)20(15(2)3)26-22(28)17-10-6-7-11-18(17)24/h5-12,14-15,20H,1,13H2,2-4H3,(H,26,28)(H,27,29). The molecule has 0 aliphatic heterocycles. The maximum absolute atomic E-state index is 12.7. The van der Waals surface area contributed by atoms with Crippen LogP contribution in [0, 0.1) is 5.92 Å². The summed E-state index contributed by atoms with van der Waals surface area (Å²) in [6, 6.07) is 11.2. The van der Waals surface area contributed by atoms with Crippen LogP contribution in [0.5, 0.6) is 11.5 Å². The van der Waals surface area contributed by atoms with E-state index in [9.17, 15) is 9.59 Å². The van der Waals surface area contributed by atoms with Crippen molar-refractivity contribution in [3.05, 3.63) is 71.3 Å². The van der Waals surface area contributed by atoms with Crippen molar-refractivity contribution >= 4 is 29.6 Å². The summed E-state index contributed by atoms with van der Waals surface area (Å²) in [5, 5.41) is 7.05. The number of hydrogen-bond acceptors (Lipinski definition) is 5. The fourth-order valence-electron chi connectivity index (χ4n) is 2.73. The van der Waals surface area contributed by atoms with Crippen molar-refractivity contribution in [1.29, 1.82) is 0 Å². The molecule has 0 saturated carbocycles. The van der Waals surface area contributed by atoms with E-state index >= 15 is 0 Å². The Balaban J connectivity index is 2.12. The minimum atomic E-state index is -0.803. The number of ether oxygens (including phenoxy) is 2. The highest BCUT2D eigenvalue weighted by molar-refractivity contribution is 6.33. The maximum Gasteiger partial charge on any atom is 0.262 e. The van der Waals surface area contributed by atoms with Crippen LogP contribution in [-0.4, -0.2) is 37.8 Å². The van der Waals surface area contributed by atoms with E-state index in [1.807, 2.05) is 13.8 Å². The van der Waals surface area contributed by atoms with Gasteiger partial charge in [0.2, 0.25) is 0 Å². The lowest BCUT2D eigenvalue weighted by Crippen LogP contribution is -2.48. The van der Waals surface area contributed by atoms with Gasteiger partial charge >= 0.3 is 0 Å². The van der Waals surface area contributed by atoms with Crippen molar-refractivity contribution < 1.29 is 19.1 Å². The lowest BCUT2D eigenvalue weighted by Gasteiger charge is -2.20. The maximum atomic E-state index is 12.7. The normalized spacial score (nSPS) is 11.8. The molecule has 2 aromatic rings. The number of hydrogen-bond donors (Lipinski definition) is 2. The number of nitrogens with one attached hydrogen (secondary N) is 2. The van der Waals surface area contributed by atoms with E-state index in [1.165, 1.54) is 13.3 Å². The van der Waals surface area contributed by atoms with Crippen molar-refractivity contribution in [3.8, 4) is 11.5 Å². The number of hydrazone groups is 1. The third kappa shape index (κ3) is 6.58. The van der Waals surface area contributed by atoms with Gasteiger partial charge in [-0.2, -0.15) is 5.10 Å². The molecule has 0 fully saturated rings. The fourth-order valence-corrected chi connectivity index (χ4v) is 2.95. The number of amides is 2. The van der Waals surface area contributed by atoms with Crippen LogP contribution in [0.25, 0.3) is 0 Å². The first kappa shape index (κ1) is 24.0. The predicted molar refractivity (Wildman–Crippen MR) is 122 cm³/mol. The van der Waals surface area contributed by atoms with Gasteiger partial charge in [0.1, 0.15) is 12.6 Å². The van der Waals surface area contributed by atoms with E-state index < -0.39 is 17.9 Å². The molecule has 1 atom stereocenters. The van der Waals surface area contributed by atoms with Gasteiger partial charge in [0, 0.05) is 5.56 Å². The van der Waals surface area contributed by atoms with Gasteiger partial charge in [0.25, 0.3) is 11.8 Å². The molecule has 2 aromatic carbocycles. The molecule has 8 heteroatoms. The van der Waals surface area contributed by atoms with Gasteiger partial charge in [-0.3, -0.25) is 9.59 Å². The van der Waals surface area contributed by atoms with Crippen LogP contribution in [0.1, 0.15) is 29.8 Å². The van der Waals surface area contributed by atoms with Crippen molar-refractivity contribution in [1.82, 2.24) is 10.7 Å². The van der Waals surface area contributed by atoms with E-state index in [0.717, 1.165) is 0 Å². The topological polar surface area (TPSA) is 89.0 Å². The quantitative estimate of drug-likeness (QED) is 0.332. The van der Waals surface area contributed by atoms with Crippen LogP contribution in [0.3, 0.4) is 0 Å². The third-order valence-electron chi connectivity index (χ3n) is 4.31. The van der Waals surface area contributed by atoms with Crippen molar-refractivity contribution in [2.24, 2.45) is 11.0 Å². The van der Waals surface area contributed by atoms with Gasteiger partial charge in [0.15, 0.2) is 11.5 Å². The highest BCUT2D eigenvalue weighted by Gasteiger charge is 2.25. The number of methoxy groups -OCH3 is 1. The molecular formula is C23H26ClN3O4. The molecule has 0 saturated heterocycles. The molecule has 0 bridgehead atoms. The zero-order valence-electron chi connectivity index (χ0n) is 17.7. The van der Waals surface area contributed by atoms with Crippen LogP contribution < -0.4 is 20.2 Å². The summed E-state index contributed by atoms with van der Waals surface area (Å²) in [4.78, 5) is 25.2. The molecule has 31 heavy (non-hydrogen) atoms. The lowest BCUT2D eigenvalue weighted by molar-refractivity contribution is -0.123. The highest BCUT2D eigenvalue weighted by Crippen LogP contribution is 2.30. The Bertz CT molecular complexity index is 960. The fraction of sp³-hybridized carbons (Fsp3) is 0.261. The van der Waals surface area contributed by atoms with Crippen LogP contribution >= 0.6 is 11.6 Å². The van der Waals surface area contributed by atoms with Gasteiger partial charge in [-0.25, -0.2) is 5.43 Å². The predicted octanol–water partition coefficient (Wildman–Crippen LogP) is 3.82. The Labute approximate surface area is 187 Å². The Kier molecular flexibility index (Phi) is 9.09. The third-order valence-corrected chi connectivity index (χ3v) is 4.64. The minimum absolute atomic E-state index is 0.176. The van der Waals surface area contributed by atoms with E-state index in [4.69, 9.17) is 21.1 Å². The smallest absolute Gasteiger partial charge is 0.262 e. The molecule has 7 nitrogen and oxygen atoms in total. The summed E-state index contributed by atoms with van der Waals surface area (Å²) in [5.41, 5.74) is 3.38. The molecule has 164 valence electrons. The van der Waals surface area contributed by atoms with Crippen molar-refractivity contribution in [3.63, 3.8) is 0 Å². The number of carbonyl (C=O) groups excluding carboxylic acids is 2. The molecule has 0 aromatic heterocycles. The van der Waals surface area contributed by atoms with Crippen LogP contribution in [0.15, 0.2) is 60.2 Å². The number of halogens is 1. The zero-order valence-corrected chi connectivity index (χ0v) is 18.5. The Morgan fingerprint density at radius 2 is 1.94 bits per heavy atom. The Hall–Kier alpha value is -3.32. The number of benzene rings is 2. The highest BCUT2D eigenvalue weighted by atomic mass is 35.5. The molecule has 0 spiro atoms. The summed E-state index contributed by atoms with van der Waals surface area (Å²) >= 11 is 6.08. The van der Waals surface area contributed by atoms with E-state index in [0.29, 0.717) is 27.6 Å². The lowest BCUT2D eigenvalue weighted by atomic mass is 10.0. The summed E-state index contributed by atoms with van der Waals surface area (Å²) in [6.45, 7) is 7.57. The number of rotatable bonds is 10. The Morgan fingerprint density at radius 1 is 1.19 bits per heavy atom. The summed E-state index contributed by atoms with van der Waals surface area (Å²) < 4.78 is 11.0. The molecule has 2 amide bonds. The van der Waals surface area contributed by atoms with Crippen LogP contribution in [0.2, 0.25) is 5.02 Å². The molecule has 0 heterocycles.